The van der Waals surface area contributed by atoms with Crippen molar-refractivity contribution in [2.45, 2.75) is 6.92 Å². The summed E-state index contributed by atoms with van der Waals surface area (Å²) >= 11 is 10.2. The van der Waals surface area contributed by atoms with E-state index in [1.54, 1.807) is 16.0 Å². The first-order valence-corrected chi connectivity index (χ1v) is 7.86. The number of aryl methyl sites for hydroxylation is 1. The van der Waals surface area contributed by atoms with Crippen LogP contribution in [0, 0.1) is 9.81 Å². The lowest BCUT2D eigenvalue weighted by atomic mass is 10.2. The van der Waals surface area contributed by atoms with Crippen LogP contribution in [0.4, 0.5) is 0 Å². The van der Waals surface area contributed by atoms with Gasteiger partial charge in [-0.25, -0.2) is 4.68 Å². The minimum Gasteiger partial charge on any atom is -0.219 e. The molecule has 3 rings (SSSR count). The molecular weight excluding hydrogens is 393 g/mol. The summed E-state index contributed by atoms with van der Waals surface area (Å²) < 4.78 is 2.96. The molecule has 0 radical (unpaired) electrons. The number of aromatic nitrogens is 3. The van der Waals surface area contributed by atoms with Crippen molar-refractivity contribution in [3.05, 3.63) is 50.0 Å². The maximum atomic E-state index is 6.16. The number of hydrogen-bond acceptors (Lipinski definition) is 3. The van der Waals surface area contributed by atoms with Crippen LogP contribution in [0.2, 0.25) is 5.02 Å². The summed E-state index contributed by atoms with van der Waals surface area (Å²) in [5, 5.41) is 9.06. The molecule has 0 aliphatic heterocycles. The van der Waals surface area contributed by atoms with Gasteiger partial charge in [0.1, 0.15) is 5.69 Å². The van der Waals surface area contributed by atoms with Gasteiger partial charge in [-0.1, -0.05) is 28.9 Å². The number of benzene rings is 1. The van der Waals surface area contributed by atoms with E-state index in [4.69, 9.17) is 11.6 Å². The summed E-state index contributed by atoms with van der Waals surface area (Å²) in [5.41, 5.74) is 2.94. The van der Waals surface area contributed by atoms with Crippen LogP contribution >= 0.6 is 45.5 Å². The van der Waals surface area contributed by atoms with Crippen molar-refractivity contribution in [1.29, 1.82) is 0 Å². The maximum absolute atomic E-state index is 6.16. The van der Waals surface area contributed by atoms with Crippen molar-refractivity contribution in [3.8, 4) is 16.3 Å². The summed E-state index contributed by atoms with van der Waals surface area (Å²) in [7, 11) is 0. The number of para-hydroxylation sites is 1. The van der Waals surface area contributed by atoms with Crippen LogP contribution in [0.25, 0.3) is 16.3 Å². The second-order valence-corrected chi connectivity index (χ2v) is 7.42. The van der Waals surface area contributed by atoms with Gasteiger partial charge in [0.15, 0.2) is 0 Å². The molecule has 96 valence electrons. The first-order valence-electron chi connectivity index (χ1n) is 5.59. The second-order valence-electron chi connectivity index (χ2n) is 4.06. The zero-order valence-corrected chi connectivity index (χ0v) is 13.7. The molecule has 0 fully saturated rings. The number of rotatable bonds is 2. The van der Waals surface area contributed by atoms with Crippen molar-refractivity contribution in [2.24, 2.45) is 0 Å². The van der Waals surface area contributed by atoms with Gasteiger partial charge < -0.3 is 0 Å². The Morgan fingerprint density at radius 1 is 1.32 bits per heavy atom. The molecule has 2 heterocycles. The standard InChI is InChI=1S/C13H9ClIN3S/c1-8-6-12(15)19-13(8)10-7-18(17-16-10)11-5-3-2-4-9(11)14/h2-7H,1H3. The van der Waals surface area contributed by atoms with Crippen LogP contribution < -0.4 is 0 Å². The van der Waals surface area contributed by atoms with Crippen LogP contribution in [-0.4, -0.2) is 15.0 Å². The Labute approximate surface area is 133 Å². The highest BCUT2D eigenvalue weighted by atomic mass is 127. The van der Waals surface area contributed by atoms with E-state index in [-0.39, 0.29) is 0 Å². The maximum Gasteiger partial charge on any atom is 0.123 e. The van der Waals surface area contributed by atoms with Crippen molar-refractivity contribution in [2.75, 3.05) is 0 Å². The first kappa shape index (κ1) is 13.1. The van der Waals surface area contributed by atoms with Crippen LogP contribution in [0.1, 0.15) is 5.56 Å². The predicted octanol–water partition coefficient (Wildman–Crippen LogP) is 4.56. The second kappa shape index (κ2) is 5.22. The summed E-state index contributed by atoms with van der Waals surface area (Å²) in [6, 6.07) is 9.75. The van der Waals surface area contributed by atoms with Crippen molar-refractivity contribution < 1.29 is 0 Å². The zero-order valence-electron chi connectivity index (χ0n) is 9.97. The van der Waals surface area contributed by atoms with E-state index < -0.39 is 0 Å². The number of nitrogens with zero attached hydrogens (tertiary/aromatic N) is 3. The Hall–Kier alpha value is -0.920. The van der Waals surface area contributed by atoms with Gasteiger partial charge >= 0.3 is 0 Å². The normalized spacial score (nSPS) is 10.9. The van der Waals surface area contributed by atoms with Crippen molar-refractivity contribution in [3.63, 3.8) is 0 Å². The molecule has 0 atom stereocenters. The predicted molar refractivity (Wildman–Crippen MR) is 87.1 cm³/mol. The van der Waals surface area contributed by atoms with Gasteiger partial charge in [0.05, 0.1) is 24.7 Å². The first-order chi connectivity index (χ1) is 9.15. The van der Waals surface area contributed by atoms with Crippen LogP contribution in [0.3, 0.4) is 0 Å². The molecule has 0 spiro atoms. The quantitative estimate of drug-likeness (QED) is 0.589. The van der Waals surface area contributed by atoms with E-state index in [1.165, 1.54) is 8.45 Å². The summed E-state index contributed by atoms with van der Waals surface area (Å²) in [6.07, 6.45) is 1.91. The minimum absolute atomic E-state index is 0.663. The van der Waals surface area contributed by atoms with Gasteiger partial charge in [-0.2, -0.15) is 0 Å². The lowest BCUT2D eigenvalue weighted by Crippen LogP contribution is -1.95. The molecule has 3 aromatic rings. The molecule has 19 heavy (non-hydrogen) atoms. The molecule has 3 nitrogen and oxygen atoms in total. The molecule has 0 saturated carbocycles. The van der Waals surface area contributed by atoms with E-state index in [0.29, 0.717) is 5.02 Å². The summed E-state index contributed by atoms with van der Waals surface area (Å²) in [5.74, 6) is 0. The fourth-order valence-corrected chi connectivity index (χ4v) is 4.02. The van der Waals surface area contributed by atoms with Gasteiger partial charge in [-0.3, -0.25) is 0 Å². The Balaban J connectivity index is 2.05. The van der Waals surface area contributed by atoms with Gasteiger partial charge in [0.25, 0.3) is 0 Å². The third-order valence-electron chi connectivity index (χ3n) is 2.71. The topological polar surface area (TPSA) is 30.7 Å². The summed E-state index contributed by atoms with van der Waals surface area (Å²) in [4.78, 5) is 1.16. The average Bonchev–Trinajstić information content (AvgIpc) is 2.96. The lowest BCUT2D eigenvalue weighted by molar-refractivity contribution is 0.804. The number of halogens is 2. The highest BCUT2D eigenvalue weighted by molar-refractivity contribution is 14.1. The van der Waals surface area contributed by atoms with E-state index in [0.717, 1.165) is 16.3 Å². The smallest absolute Gasteiger partial charge is 0.123 e. The highest BCUT2D eigenvalue weighted by Crippen LogP contribution is 2.32. The van der Waals surface area contributed by atoms with E-state index in [1.807, 2.05) is 30.5 Å². The van der Waals surface area contributed by atoms with E-state index in [2.05, 4.69) is 45.9 Å². The Kier molecular flexibility index (Phi) is 3.60. The molecule has 0 amide bonds. The van der Waals surface area contributed by atoms with Gasteiger partial charge in [0.2, 0.25) is 0 Å². The molecule has 0 bridgehead atoms. The SMILES string of the molecule is Cc1cc(I)sc1-c1cn(-c2ccccc2Cl)nn1. The third-order valence-corrected chi connectivity index (χ3v) is 5.05. The Morgan fingerprint density at radius 2 is 2.11 bits per heavy atom. The van der Waals surface area contributed by atoms with Crippen LogP contribution in [0.5, 0.6) is 0 Å². The third kappa shape index (κ3) is 2.54. The lowest BCUT2D eigenvalue weighted by Gasteiger charge is -2.01. The van der Waals surface area contributed by atoms with Crippen LogP contribution in [0.15, 0.2) is 36.5 Å². The fourth-order valence-electron chi connectivity index (χ4n) is 1.82. The average molecular weight is 402 g/mol. The monoisotopic (exact) mass is 401 g/mol. The van der Waals surface area contributed by atoms with Crippen LogP contribution in [-0.2, 0) is 0 Å². The van der Waals surface area contributed by atoms with Gasteiger partial charge in [-0.05, 0) is 53.3 Å². The number of hydrogen-bond donors (Lipinski definition) is 0. The molecule has 0 N–H and O–H groups in total. The summed E-state index contributed by atoms with van der Waals surface area (Å²) in [6.45, 7) is 2.09. The molecule has 0 aliphatic rings. The van der Waals surface area contributed by atoms with E-state index >= 15 is 0 Å². The molecule has 0 saturated heterocycles. The minimum atomic E-state index is 0.663. The zero-order chi connectivity index (χ0) is 13.4. The van der Waals surface area contributed by atoms with Crippen molar-refractivity contribution >= 4 is 45.5 Å². The van der Waals surface area contributed by atoms with Gasteiger partial charge in [-0.15, -0.1) is 16.4 Å². The number of thiophene rings is 1. The molecule has 2 aromatic heterocycles. The Bertz CT molecular complexity index is 735. The van der Waals surface area contributed by atoms with Gasteiger partial charge in [0, 0.05) is 0 Å². The fraction of sp³-hybridized carbons (Fsp3) is 0.0769. The highest BCUT2D eigenvalue weighted by Gasteiger charge is 2.12. The molecule has 6 heteroatoms. The molecular formula is C13H9ClIN3S. The molecule has 0 aliphatic carbocycles. The molecule has 0 unspecified atom stereocenters. The Morgan fingerprint density at radius 3 is 2.79 bits per heavy atom. The largest absolute Gasteiger partial charge is 0.219 e. The van der Waals surface area contributed by atoms with E-state index in [9.17, 15) is 0 Å². The molecule has 1 aromatic carbocycles. The van der Waals surface area contributed by atoms with Crippen molar-refractivity contribution in [1.82, 2.24) is 15.0 Å².